The van der Waals surface area contributed by atoms with Crippen LogP contribution in [0.2, 0.25) is 0 Å². The number of benzene rings is 1. The molecule has 2 aliphatic rings. The molecule has 0 unspecified atom stereocenters. The summed E-state index contributed by atoms with van der Waals surface area (Å²) in [6.07, 6.45) is 8.26. The second kappa shape index (κ2) is 17.2. The number of fused-ring (bicyclic) bond motifs is 8. The van der Waals surface area contributed by atoms with Crippen LogP contribution in [0.25, 0.3) is 57.5 Å². The van der Waals surface area contributed by atoms with Gasteiger partial charge >= 0.3 is 21.6 Å². The molecule has 0 amide bonds. The molecule has 0 aliphatic carbocycles. The van der Waals surface area contributed by atoms with Crippen molar-refractivity contribution in [2.24, 2.45) is 0 Å². The molecule has 8 bridgehead atoms. The Kier molecular flexibility index (Phi) is 12.4. The predicted octanol–water partition coefficient (Wildman–Crippen LogP) is 8.48. The highest BCUT2D eigenvalue weighted by Gasteiger charge is 2.28. The maximum atomic E-state index is 12.7. The van der Waals surface area contributed by atoms with Gasteiger partial charge in [0, 0.05) is 61.6 Å². The van der Waals surface area contributed by atoms with E-state index in [1.165, 1.54) is 28.4 Å². The van der Waals surface area contributed by atoms with Crippen LogP contribution in [0.1, 0.15) is 47.1 Å². The van der Waals surface area contributed by atoms with Crippen molar-refractivity contribution in [1.29, 1.82) is 0 Å². The maximum Gasteiger partial charge on any atom is 0.474 e. The van der Waals surface area contributed by atoms with Gasteiger partial charge in [-0.3, -0.25) is 27.1 Å². The third-order valence-electron chi connectivity index (χ3n) is 8.68. The Morgan fingerprint density at radius 3 is 1.63 bits per heavy atom. The zero-order valence-corrected chi connectivity index (χ0v) is 31.8. The van der Waals surface area contributed by atoms with Crippen LogP contribution in [-0.4, -0.2) is 79.3 Å². The average molecular weight is 779 g/mol. The molecule has 6 rings (SSSR count). The van der Waals surface area contributed by atoms with Crippen LogP contribution >= 0.6 is 15.6 Å². The van der Waals surface area contributed by atoms with Gasteiger partial charge in [-0.25, -0.2) is 23.9 Å². The van der Waals surface area contributed by atoms with E-state index in [0.29, 0.717) is 41.4 Å². The lowest BCUT2D eigenvalue weighted by atomic mass is 9.90. The summed E-state index contributed by atoms with van der Waals surface area (Å²) in [6.45, 7) is -0.449. The number of nitrogens with zero attached hydrogens (tertiary/aromatic N) is 2. The highest BCUT2D eigenvalue weighted by Crippen LogP contribution is 2.49. The minimum absolute atomic E-state index is 0.00779. The van der Waals surface area contributed by atoms with Crippen LogP contribution in [0.4, 0.5) is 0 Å². The van der Waals surface area contributed by atoms with E-state index in [0.717, 1.165) is 38.8 Å². The van der Waals surface area contributed by atoms with E-state index in [4.69, 9.17) is 47.0 Å². The fourth-order valence-corrected chi connectivity index (χ4v) is 7.47. The monoisotopic (exact) mass is 778 g/mol. The molecule has 15 nitrogen and oxygen atoms in total. The first-order valence-electron chi connectivity index (χ1n) is 16.8. The number of aromatic nitrogens is 4. The average Bonchev–Trinajstić information content (AvgIpc) is 4.01. The number of aromatic amines is 2. The zero-order chi connectivity index (χ0) is 38.3. The van der Waals surface area contributed by atoms with Gasteiger partial charge in [-0.1, -0.05) is 12.1 Å². The molecular formula is C37H40N4O11P2. The molecule has 0 saturated heterocycles. The lowest BCUT2D eigenvalue weighted by Gasteiger charge is -2.21. The number of phosphoric acid groups is 2. The molecule has 0 fully saturated rings. The van der Waals surface area contributed by atoms with Crippen molar-refractivity contribution in [1.82, 2.24) is 19.9 Å². The fraction of sp³-hybridized carbons (Fsp3) is 0.270. The lowest BCUT2D eigenvalue weighted by molar-refractivity contribution is -0.139. The minimum Gasteiger partial charge on any atom is -0.482 e. The van der Waals surface area contributed by atoms with Crippen molar-refractivity contribution >= 4 is 68.0 Å². The van der Waals surface area contributed by atoms with Gasteiger partial charge in [-0.2, -0.15) is 0 Å². The van der Waals surface area contributed by atoms with Gasteiger partial charge in [-0.15, -0.1) is 0 Å². The third kappa shape index (κ3) is 9.33. The number of hydrogen-bond acceptors (Lipinski definition) is 12. The largest absolute Gasteiger partial charge is 0.482 e. The topological polar surface area (TPSA) is 193 Å². The number of carboxylic acids is 1. The van der Waals surface area contributed by atoms with Gasteiger partial charge < -0.3 is 19.8 Å². The number of carbonyl (C=O) groups is 1. The molecule has 17 heteroatoms. The Morgan fingerprint density at radius 2 is 1.19 bits per heavy atom. The highest BCUT2D eigenvalue weighted by atomic mass is 31.2. The van der Waals surface area contributed by atoms with Gasteiger partial charge in [0.15, 0.2) is 6.61 Å². The summed E-state index contributed by atoms with van der Waals surface area (Å²) < 4.78 is 61.8. The van der Waals surface area contributed by atoms with Crippen molar-refractivity contribution in [2.75, 3.05) is 48.3 Å². The van der Waals surface area contributed by atoms with E-state index < -0.39 is 28.2 Å². The van der Waals surface area contributed by atoms with E-state index in [2.05, 4.69) is 9.97 Å². The van der Waals surface area contributed by atoms with E-state index >= 15 is 0 Å². The SMILES string of the molecule is COP(=O)(OC)OCCC(CCOP(=O)(OC)OC)c1c2nc(cc3ccc([nH]3)c(-c3ccc(OCC(=O)O)cc3)c3ccc(cc4nc1C=C4)[nH]3)C=C2. The summed E-state index contributed by atoms with van der Waals surface area (Å²) in [5.74, 6) is -0.963. The van der Waals surface area contributed by atoms with Crippen LogP contribution in [0.3, 0.4) is 0 Å². The smallest absolute Gasteiger partial charge is 0.474 e. The molecule has 1 aromatic carbocycles. The molecule has 4 aromatic rings. The summed E-state index contributed by atoms with van der Waals surface area (Å²) in [5.41, 5.74) is 8.48. The highest BCUT2D eigenvalue weighted by molar-refractivity contribution is 7.48. The first-order valence-corrected chi connectivity index (χ1v) is 19.7. The van der Waals surface area contributed by atoms with Crippen LogP contribution in [0.5, 0.6) is 5.75 Å². The van der Waals surface area contributed by atoms with E-state index in [1.54, 1.807) is 12.1 Å². The molecule has 54 heavy (non-hydrogen) atoms. The first-order chi connectivity index (χ1) is 26.0. The molecule has 5 heterocycles. The summed E-state index contributed by atoms with van der Waals surface area (Å²) >= 11 is 0. The molecule has 0 radical (unpaired) electrons. The summed E-state index contributed by atoms with van der Waals surface area (Å²) in [5, 5.41) is 9.01. The Morgan fingerprint density at radius 1 is 0.704 bits per heavy atom. The Balaban J connectivity index is 1.48. The van der Waals surface area contributed by atoms with E-state index in [1.807, 2.05) is 72.8 Å². The van der Waals surface area contributed by atoms with Gasteiger partial charge in [0.1, 0.15) is 5.75 Å². The van der Waals surface area contributed by atoms with Crippen LogP contribution < -0.4 is 4.74 Å². The van der Waals surface area contributed by atoms with Crippen molar-refractivity contribution in [2.45, 2.75) is 18.8 Å². The Hall–Kier alpha value is -4.69. The van der Waals surface area contributed by atoms with Crippen molar-refractivity contribution in [3.8, 4) is 16.9 Å². The van der Waals surface area contributed by atoms with Crippen LogP contribution in [0, 0.1) is 0 Å². The number of nitrogens with one attached hydrogen (secondary N) is 2. The molecule has 284 valence electrons. The zero-order valence-electron chi connectivity index (χ0n) is 30.0. The van der Waals surface area contributed by atoms with Crippen LogP contribution in [-0.2, 0) is 41.1 Å². The number of aliphatic carboxylic acids is 1. The van der Waals surface area contributed by atoms with Gasteiger partial charge in [0.2, 0.25) is 0 Å². The van der Waals surface area contributed by atoms with Gasteiger partial charge in [-0.05, 0) is 97.2 Å². The number of phosphoric ester groups is 2. The van der Waals surface area contributed by atoms with Crippen LogP contribution in [0.15, 0.2) is 60.7 Å². The standard InChI is InChI=1S/C37H40N4O11P2/c1-46-53(44,47-2)51-19-17-25(18-20-52-54(45,48-3)49-4)37-33-15-9-28(40-33)21-26-7-13-31(38-26)36(24-5-11-30(12-6-24)50-23-35(42)43)32-14-8-27(39-32)22-29-10-16-34(37)41-29/h5-16,21-22,25,38-39H,17-20,23H2,1-4H3,(H,42,43). The predicted molar refractivity (Wildman–Crippen MR) is 205 cm³/mol. The summed E-state index contributed by atoms with van der Waals surface area (Å²) in [6, 6.07) is 19.0. The maximum absolute atomic E-state index is 12.7. The lowest BCUT2D eigenvalue weighted by Crippen LogP contribution is -2.11. The Labute approximate surface area is 311 Å². The molecule has 0 saturated carbocycles. The number of hydrogen-bond donors (Lipinski definition) is 3. The van der Waals surface area contributed by atoms with Crippen molar-refractivity contribution in [3.63, 3.8) is 0 Å². The summed E-state index contributed by atoms with van der Waals surface area (Å²) in [7, 11) is -2.55. The summed E-state index contributed by atoms with van der Waals surface area (Å²) in [4.78, 5) is 28.0. The van der Waals surface area contributed by atoms with E-state index in [9.17, 15) is 13.9 Å². The molecule has 0 spiro atoms. The number of H-pyrrole nitrogens is 2. The molecule has 2 aliphatic heterocycles. The van der Waals surface area contributed by atoms with E-state index in [-0.39, 0.29) is 19.1 Å². The molecule has 3 aromatic heterocycles. The number of rotatable bonds is 17. The number of carboxylic acid groups (broad SMARTS) is 1. The fourth-order valence-electron chi connectivity index (χ4n) is 6.09. The second-order valence-electron chi connectivity index (χ2n) is 12.0. The normalized spacial score (nSPS) is 12.8. The molecule has 0 atom stereocenters. The van der Waals surface area contributed by atoms with Gasteiger partial charge in [0.05, 0.1) is 36.0 Å². The van der Waals surface area contributed by atoms with Gasteiger partial charge in [0.25, 0.3) is 0 Å². The van der Waals surface area contributed by atoms with Crippen molar-refractivity contribution < 1.29 is 50.9 Å². The van der Waals surface area contributed by atoms with Crippen molar-refractivity contribution in [3.05, 3.63) is 89.0 Å². The quantitative estimate of drug-likeness (QED) is 0.0747. The first kappa shape index (κ1) is 39.0. The molecule has 3 N–H and O–H groups in total. The second-order valence-corrected chi connectivity index (χ2v) is 15.8. The number of ether oxygens (including phenoxy) is 1. The Bertz CT molecular complexity index is 2180. The third-order valence-corrected chi connectivity index (χ3v) is 11.5. The molecular weight excluding hydrogens is 738 g/mol. The minimum atomic E-state index is -3.76.